The van der Waals surface area contributed by atoms with E-state index in [1.807, 2.05) is 30.8 Å². The third-order valence-corrected chi connectivity index (χ3v) is 5.04. The molecule has 0 atom stereocenters. The third-order valence-electron chi connectivity index (χ3n) is 5.04. The van der Waals surface area contributed by atoms with Crippen LogP contribution in [-0.2, 0) is 13.6 Å². The Morgan fingerprint density at radius 3 is 2.40 bits per heavy atom. The lowest BCUT2D eigenvalue weighted by Crippen LogP contribution is -2.46. The molecule has 1 fully saturated rings. The van der Waals surface area contributed by atoms with E-state index in [0.29, 0.717) is 0 Å². The molecule has 0 radical (unpaired) electrons. The lowest BCUT2D eigenvalue weighted by molar-refractivity contribution is 0.248. The van der Waals surface area contributed by atoms with Crippen molar-refractivity contribution in [3.63, 3.8) is 0 Å². The van der Waals surface area contributed by atoms with Crippen molar-refractivity contribution in [2.24, 2.45) is 7.05 Å². The molecule has 3 aromatic heterocycles. The lowest BCUT2D eigenvalue weighted by atomic mass is 10.1. The molecule has 8 nitrogen and oxygen atoms in total. The molecular weight excluding hydrogens is 316 g/mol. The number of piperazine rings is 1. The van der Waals surface area contributed by atoms with Gasteiger partial charge in [-0.25, -0.2) is 4.98 Å². The van der Waals surface area contributed by atoms with Gasteiger partial charge in [0.2, 0.25) is 0 Å². The zero-order chi connectivity index (χ0) is 17.6. The van der Waals surface area contributed by atoms with Crippen LogP contribution >= 0.6 is 0 Å². The van der Waals surface area contributed by atoms with E-state index in [1.54, 1.807) is 4.63 Å². The van der Waals surface area contributed by atoms with Crippen LogP contribution in [-0.4, -0.2) is 60.7 Å². The van der Waals surface area contributed by atoms with Crippen LogP contribution in [0.1, 0.15) is 22.8 Å². The van der Waals surface area contributed by atoms with Gasteiger partial charge in [0.25, 0.3) is 0 Å². The number of aromatic nitrogens is 6. The second kappa shape index (κ2) is 6.11. The summed E-state index contributed by atoms with van der Waals surface area (Å²) in [5.74, 6) is 1.71. The molecule has 0 aliphatic carbocycles. The van der Waals surface area contributed by atoms with E-state index < -0.39 is 0 Å². The summed E-state index contributed by atoms with van der Waals surface area (Å²) in [6, 6.07) is 4.02. The first-order valence-electron chi connectivity index (χ1n) is 8.68. The van der Waals surface area contributed by atoms with Crippen molar-refractivity contribution in [1.29, 1.82) is 0 Å². The molecule has 3 aromatic rings. The summed E-state index contributed by atoms with van der Waals surface area (Å²) in [5, 5.41) is 13.4. The SMILES string of the molecule is Cc1nc2ccc(N3CCN(Cc4c(C)nn(C)c4C)CC3)nn2n1. The van der Waals surface area contributed by atoms with Crippen LogP contribution in [0.25, 0.3) is 5.65 Å². The maximum atomic E-state index is 4.60. The Hall–Kier alpha value is -2.48. The Morgan fingerprint density at radius 2 is 1.72 bits per heavy atom. The van der Waals surface area contributed by atoms with Crippen molar-refractivity contribution in [2.45, 2.75) is 27.3 Å². The van der Waals surface area contributed by atoms with E-state index in [-0.39, 0.29) is 0 Å². The molecule has 0 bridgehead atoms. The fourth-order valence-corrected chi connectivity index (χ4v) is 3.45. The minimum Gasteiger partial charge on any atom is -0.353 e. The Balaban J connectivity index is 1.43. The van der Waals surface area contributed by atoms with Crippen LogP contribution in [0, 0.1) is 20.8 Å². The molecule has 4 heterocycles. The molecule has 1 aliphatic heterocycles. The maximum absolute atomic E-state index is 4.60. The topological polar surface area (TPSA) is 67.4 Å². The Labute approximate surface area is 147 Å². The van der Waals surface area contributed by atoms with Crippen molar-refractivity contribution in [3.05, 3.63) is 34.9 Å². The highest BCUT2D eigenvalue weighted by Crippen LogP contribution is 2.18. The quantitative estimate of drug-likeness (QED) is 0.711. The number of anilines is 1. The predicted octanol–water partition coefficient (Wildman–Crippen LogP) is 1.11. The third kappa shape index (κ3) is 2.97. The summed E-state index contributed by atoms with van der Waals surface area (Å²) in [6.07, 6.45) is 0. The Morgan fingerprint density at radius 1 is 0.960 bits per heavy atom. The minimum absolute atomic E-state index is 0.747. The van der Waals surface area contributed by atoms with Crippen LogP contribution < -0.4 is 4.90 Å². The van der Waals surface area contributed by atoms with Crippen molar-refractivity contribution < 1.29 is 0 Å². The zero-order valence-electron chi connectivity index (χ0n) is 15.3. The van der Waals surface area contributed by atoms with Gasteiger partial charge in [0.1, 0.15) is 5.82 Å². The van der Waals surface area contributed by atoms with Gasteiger partial charge in [-0.3, -0.25) is 9.58 Å². The van der Waals surface area contributed by atoms with Gasteiger partial charge in [-0.2, -0.15) is 5.10 Å². The minimum atomic E-state index is 0.747. The van der Waals surface area contributed by atoms with Gasteiger partial charge < -0.3 is 4.90 Å². The molecule has 8 heteroatoms. The molecule has 1 saturated heterocycles. The van der Waals surface area contributed by atoms with E-state index in [9.17, 15) is 0 Å². The molecule has 25 heavy (non-hydrogen) atoms. The highest BCUT2D eigenvalue weighted by molar-refractivity contribution is 5.45. The molecule has 4 rings (SSSR count). The van der Waals surface area contributed by atoms with Gasteiger partial charge in [0, 0.05) is 51.0 Å². The smallest absolute Gasteiger partial charge is 0.176 e. The number of rotatable bonds is 3. The Kier molecular flexibility index (Phi) is 3.91. The van der Waals surface area contributed by atoms with Crippen molar-refractivity contribution in [3.8, 4) is 0 Å². The van der Waals surface area contributed by atoms with Crippen LogP contribution in [0.2, 0.25) is 0 Å². The Bertz CT molecular complexity index is 901. The number of nitrogens with zero attached hydrogens (tertiary/aromatic N) is 8. The largest absolute Gasteiger partial charge is 0.353 e. The molecular formula is C17H24N8. The van der Waals surface area contributed by atoms with E-state index >= 15 is 0 Å². The highest BCUT2D eigenvalue weighted by atomic mass is 15.5. The van der Waals surface area contributed by atoms with Gasteiger partial charge in [0.15, 0.2) is 11.5 Å². The molecule has 0 amide bonds. The molecule has 0 spiro atoms. The predicted molar refractivity (Wildman–Crippen MR) is 95.7 cm³/mol. The van der Waals surface area contributed by atoms with Crippen LogP contribution in [0.3, 0.4) is 0 Å². The van der Waals surface area contributed by atoms with E-state index in [4.69, 9.17) is 0 Å². The molecule has 0 N–H and O–H groups in total. The van der Waals surface area contributed by atoms with E-state index in [0.717, 1.165) is 55.7 Å². The van der Waals surface area contributed by atoms with Crippen molar-refractivity contribution in [1.82, 2.24) is 34.5 Å². The lowest BCUT2D eigenvalue weighted by Gasteiger charge is -2.35. The first-order chi connectivity index (χ1) is 12.0. The van der Waals surface area contributed by atoms with E-state index in [2.05, 4.69) is 43.9 Å². The summed E-state index contributed by atoms with van der Waals surface area (Å²) in [7, 11) is 2.01. The standard InChI is InChI=1S/C17H24N8/c1-12-15(13(2)22(4)19-12)11-23-7-9-24(10-8-23)17-6-5-16-18-14(3)20-25(16)21-17/h5-6H,7-11H2,1-4H3. The van der Waals surface area contributed by atoms with Gasteiger partial charge >= 0.3 is 0 Å². The van der Waals surface area contributed by atoms with Gasteiger partial charge in [-0.15, -0.1) is 14.8 Å². The molecule has 0 saturated carbocycles. The number of aryl methyl sites for hydroxylation is 3. The van der Waals surface area contributed by atoms with Gasteiger partial charge in [-0.1, -0.05) is 0 Å². The summed E-state index contributed by atoms with van der Waals surface area (Å²) < 4.78 is 3.60. The number of hydrogen-bond donors (Lipinski definition) is 0. The van der Waals surface area contributed by atoms with E-state index in [1.165, 1.54) is 11.3 Å². The maximum Gasteiger partial charge on any atom is 0.176 e. The summed E-state index contributed by atoms with van der Waals surface area (Å²) >= 11 is 0. The van der Waals surface area contributed by atoms with Crippen LogP contribution in [0.5, 0.6) is 0 Å². The molecule has 0 unspecified atom stereocenters. The van der Waals surface area contributed by atoms with Crippen molar-refractivity contribution in [2.75, 3.05) is 31.1 Å². The van der Waals surface area contributed by atoms with Crippen LogP contribution in [0.4, 0.5) is 5.82 Å². The van der Waals surface area contributed by atoms with Crippen LogP contribution in [0.15, 0.2) is 12.1 Å². The first kappa shape index (κ1) is 16.0. The molecule has 132 valence electrons. The molecule has 0 aromatic carbocycles. The van der Waals surface area contributed by atoms with Crippen molar-refractivity contribution >= 4 is 11.5 Å². The highest BCUT2D eigenvalue weighted by Gasteiger charge is 2.21. The fourth-order valence-electron chi connectivity index (χ4n) is 3.45. The second-order valence-electron chi connectivity index (χ2n) is 6.73. The summed E-state index contributed by atoms with van der Waals surface area (Å²) in [5.41, 5.74) is 4.54. The summed E-state index contributed by atoms with van der Waals surface area (Å²) in [6.45, 7) is 11.1. The molecule has 1 aliphatic rings. The van der Waals surface area contributed by atoms with Gasteiger partial charge in [0.05, 0.1) is 5.69 Å². The monoisotopic (exact) mass is 340 g/mol. The number of hydrogen-bond acceptors (Lipinski definition) is 6. The fraction of sp³-hybridized carbons (Fsp3) is 0.529. The number of fused-ring (bicyclic) bond motifs is 1. The first-order valence-corrected chi connectivity index (χ1v) is 8.68. The second-order valence-corrected chi connectivity index (χ2v) is 6.73. The van der Waals surface area contributed by atoms with Gasteiger partial charge in [-0.05, 0) is 32.9 Å². The average Bonchev–Trinajstić information content (AvgIpc) is 3.08. The zero-order valence-corrected chi connectivity index (χ0v) is 15.3. The normalized spacial score (nSPS) is 16.1. The average molecular weight is 340 g/mol. The summed E-state index contributed by atoms with van der Waals surface area (Å²) in [4.78, 5) is 9.14.